The number of carbonyl (C=O) groups is 1. The fourth-order valence-corrected chi connectivity index (χ4v) is 6.37. The summed E-state index contributed by atoms with van der Waals surface area (Å²) in [5.74, 6) is -0.987. The number of ether oxygens (including phenoxy) is 1. The van der Waals surface area contributed by atoms with Gasteiger partial charge in [0.05, 0.1) is 36.8 Å². The molecule has 1 amide bonds. The summed E-state index contributed by atoms with van der Waals surface area (Å²) in [5, 5.41) is -0.117. The molecule has 1 aromatic heterocycles. The zero-order valence-corrected chi connectivity index (χ0v) is 20.2. The molecule has 1 aromatic carbocycles. The third-order valence-electron chi connectivity index (χ3n) is 6.61. The van der Waals surface area contributed by atoms with Crippen LogP contribution in [0.25, 0.3) is 0 Å². The molecule has 2 fully saturated rings. The highest BCUT2D eigenvalue weighted by Gasteiger charge is 2.31. The van der Waals surface area contributed by atoms with Gasteiger partial charge in [0.2, 0.25) is 20.9 Å². The van der Waals surface area contributed by atoms with Crippen molar-refractivity contribution >= 4 is 15.7 Å². The molecule has 1 atom stereocenters. The highest BCUT2D eigenvalue weighted by atomic mass is 32.2. The molecule has 9 heteroatoms. The average molecular weight is 490 g/mol. The zero-order chi connectivity index (χ0) is 24.1. The molecule has 1 aliphatic heterocycles. The lowest BCUT2D eigenvalue weighted by atomic mass is 10.1. The van der Waals surface area contributed by atoms with E-state index in [1.165, 1.54) is 24.4 Å². The van der Waals surface area contributed by atoms with Crippen molar-refractivity contribution in [1.29, 1.82) is 0 Å². The minimum Gasteiger partial charge on any atom is -0.376 e. The van der Waals surface area contributed by atoms with Gasteiger partial charge in [0.25, 0.3) is 0 Å². The molecule has 4 rings (SSSR count). The summed E-state index contributed by atoms with van der Waals surface area (Å²) in [7, 11) is -3.94. The highest BCUT2D eigenvalue weighted by molar-refractivity contribution is 7.90. The number of amides is 1. The van der Waals surface area contributed by atoms with E-state index in [1.54, 1.807) is 21.6 Å². The number of hydrogen-bond donors (Lipinski definition) is 0. The van der Waals surface area contributed by atoms with Crippen molar-refractivity contribution in [3.63, 3.8) is 0 Å². The number of imidazole rings is 1. The van der Waals surface area contributed by atoms with E-state index in [9.17, 15) is 17.6 Å². The molecule has 2 aromatic rings. The minimum atomic E-state index is -3.94. The molecule has 0 radical (unpaired) electrons. The Labute approximate surface area is 200 Å². The lowest BCUT2D eigenvalue weighted by Gasteiger charge is -2.25. The number of halogens is 1. The van der Waals surface area contributed by atoms with Crippen molar-refractivity contribution in [2.24, 2.45) is 5.92 Å². The SMILES string of the molecule is C=CCN(Cc1cnc(S(=O)(=O)Cc2ccccc2F)n1C[C@@H]1CCCO1)C(=O)C1CCCC1. The summed E-state index contributed by atoms with van der Waals surface area (Å²) in [4.78, 5) is 19.1. The predicted octanol–water partition coefficient (Wildman–Crippen LogP) is 3.88. The van der Waals surface area contributed by atoms with E-state index >= 15 is 0 Å². The predicted molar refractivity (Wildman–Crippen MR) is 126 cm³/mol. The molecule has 1 saturated heterocycles. The van der Waals surface area contributed by atoms with Gasteiger partial charge in [-0.3, -0.25) is 4.79 Å². The minimum absolute atomic E-state index is 0.00116. The summed E-state index contributed by atoms with van der Waals surface area (Å²) >= 11 is 0. The van der Waals surface area contributed by atoms with E-state index in [4.69, 9.17) is 4.74 Å². The van der Waals surface area contributed by atoms with Gasteiger partial charge < -0.3 is 14.2 Å². The van der Waals surface area contributed by atoms with Gasteiger partial charge in [-0.25, -0.2) is 17.8 Å². The number of aromatic nitrogens is 2. The third-order valence-corrected chi connectivity index (χ3v) is 8.18. The van der Waals surface area contributed by atoms with Crippen LogP contribution >= 0.6 is 0 Å². The Morgan fingerprint density at radius 1 is 1.24 bits per heavy atom. The first kappa shape index (κ1) is 24.6. The van der Waals surface area contributed by atoms with E-state index in [-0.39, 0.29) is 35.2 Å². The number of rotatable bonds is 10. The van der Waals surface area contributed by atoms with Crippen LogP contribution in [0.1, 0.15) is 49.8 Å². The molecule has 0 unspecified atom stereocenters. The van der Waals surface area contributed by atoms with Gasteiger partial charge in [0.15, 0.2) is 0 Å². The second-order valence-corrected chi connectivity index (χ2v) is 11.0. The molecule has 0 N–H and O–H groups in total. The number of sulfone groups is 1. The van der Waals surface area contributed by atoms with Crippen LogP contribution in [0, 0.1) is 11.7 Å². The second kappa shape index (κ2) is 10.8. The van der Waals surface area contributed by atoms with Gasteiger partial charge >= 0.3 is 0 Å². The maximum atomic E-state index is 14.2. The highest BCUT2D eigenvalue weighted by Crippen LogP contribution is 2.28. The molecule has 2 aliphatic rings. The van der Waals surface area contributed by atoms with Crippen LogP contribution in [0.15, 0.2) is 48.3 Å². The molecule has 1 saturated carbocycles. The quantitative estimate of drug-likeness (QED) is 0.473. The molecule has 2 heterocycles. The first-order valence-electron chi connectivity index (χ1n) is 11.9. The number of benzene rings is 1. The van der Waals surface area contributed by atoms with Gasteiger partial charge in [0, 0.05) is 24.6 Å². The molecule has 7 nitrogen and oxygen atoms in total. The summed E-state index contributed by atoms with van der Waals surface area (Å²) in [6.07, 6.45) is 8.66. The number of hydrogen-bond acceptors (Lipinski definition) is 5. The summed E-state index contributed by atoms with van der Waals surface area (Å²) < 4.78 is 48.3. The van der Waals surface area contributed by atoms with E-state index < -0.39 is 21.4 Å². The van der Waals surface area contributed by atoms with Crippen LogP contribution in [0.2, 0.25) is 0 Å². The Morgan fingerprint density at radius 2 is 2.00 bits per heavy atom. The Balaban J connectivity index is 1.64. The van der Waals surface area contributed by atoms with Gasteiger partial charge in [-0.2, -0.15) is 0 Å². The first-order chi connectivity index (χ1) is 16.4. The largest absolute Gasteiger partial charge is 0.376 e. The maximum absolute atomic E-state index is 14.2. The van der Waals surface area contributed by atoms with Gasteiger partial charge in [-0.15, -0.1) is 6.58 Å². The van der Waals surface area contributed by atoms with Crippen LogP contribution in [-0.2, 0) is 38.2 Å². The van der Waals surface area contributed by atoms with Crippen LogP contribution < -0.4 is 0 Å². The zero-order valence-electron chi connectivity index (χ0n) is 19.4. The number of carbonyl (C=O) groups excluding carboxylic acids is 1. The Morgan fingerprint density at radius 3 is 2.68 bits per heavy atom. The fraction of sp³-hybridized carbons (Fsp3) is 0.520. The van der Waals surface area contributed by atoms with Crippen LogP contribution in [0.5, 0.6) is 0 Å². The molecular weight excluding hydrogens is 457 g/mol. The fourth-order valence-electron chi connectivity index (χ4n) is 4.85. The summed E-state index contributed by atoms with van der Waals surface area (Å²) in [5.41, 5.74) is 0.719. The normalized spacial score (nSPS) is 18.9. The molecule has 34 heavy (non-hydrogen) atoms. The average Bonchev–Trinajstić information content (AvgIpc) is 3.58. The molecular formula is C25H32FN3O4S. The van der Waals surface area contributed by atoms with Crippen molar-refractivity contribution < 1.29 is 22.3 Å². The summed E-state index contributed by atoms with van der Waals surface area (Å²) in [6, 6.07) is 5.85. The van der Waals surface area contributed by atoms with Crippen LogP contribution in [0.4, 0.5) is 4.39 Å². The Kier molecular flexibility index (Phi) is 7.83. The lowest BCUT2D eigenvalue weighted by molar-refractivity contribution is -0.135. The lowest BCUT2D eigenvalue weighted by Crippen LogP contribution is -2.36. The molecule has 1 aliphatic carbocycles. The smallest absolute Gasteiger partial charge is 0.228 e. The van der Waals surface area contributed by atoms with Crippen LogP contribution in [0.3, 0.4) is 0 Å². The van der Waals surface area contributed by atoms with Gasteiger partial charge in [-0.05, 0) is 31.7 Å². The van der Waals surface area contributed by atoms with Crippen LogP contribution in [-0.4, -0.2) is 48.0 Å². The molecule has 184 valence electrons. The van der Waals surface area contributed by atoms with Crippen molar-refractivity contribution in [2.45, 2.75) is 68.6 Å². The summed E-state index contributed by atoms with van der Waals surface area (Å²) in [6.45, 7) is 5.35. The standard InChI is InChI=1S/C25H32FN3O4S/c1-2-13-28(24(30)19-8-3-4-9-19)16-21-15-27-25(29(21)17-22-11-7-14-33-22)34(31,32)18-20-10-5-6-12-23(20)26/h2,5-6,10,12,15,19,22H,1,3-4,7-9,11,13-14,16-18H2/t22-/m0/s1. The molecule has 0 spiro atoms. The van der Waals surface area contributed by atoms with Gasteiger partial charge in [-0.1, -0.05) is 37.1 Å². The number of nitrogens with zero attached hydrogens (tertiary/aromatic N) is 3. The van der Waals surface area contributed by atoms with Crippen molar-refractivity contribution in [3.05, 3.63) is 60.2 Å². The van der Waals surface area contributed by atoms with E-state index in [0.717, 1.165) is 38.5 Å². The second-order valence-electron chi connectivity index (χ2n) is 9.12. The monoisotopic (exact) mass is 489 g/mol. The van der Waals surface area contributed by atoms with Crippen molar-refractivity contribution in [3.8, 4) is 0 Å². The Bertz CT molecular complexity index is 1120. The first-order valence-corrected chi connectivity index (χ1v) is 13.6. The van der Waals surface area contributed by atoms with E-state index in [2.05, 4.69) is 11.6 Å². The molecule has 0 bridgehead atoms. The van der Waals surface area contributed by atoms with Crippen molar-refractivity contribution in [1.82, 2.24) is 14.5 Å². The maximum Gasteiger partial charge on any atom is 0.228 e. The van der Waals surface area contributed by atoms with Crippen molar-refractivity contribution in [2.75, 3.05) is 13.2 Å². The van der Waals surface area contributed by atoms with E-state index in [0.29, 0.717) is 25.4 Å². The topological polar surface area (TPSA) is 81.5 Å². The Hall–Kier alpha value is -2.52. The van der Waals surface area contributed by atoms with Gasteiger partial charge in [0.1, 0.15) is 5.82 Å². The third kappa shape index (κ3) is 5.58. The van der Waals surface area contributed by atoms with E-state index in [1.807, 2.05) is 0 Å².